The SMILES string of the molecule is Cc1cc(C)c(S(=O)(=O)N(C)CC(=O)N2CCN(c3cccc(Cl)c3)CC2)c(C)c1. The summed E-state index contributed by atoms with van der Waals surface area (Å²) in [5.41, 5.74) is 3.43. The van der Waals surface area contributed by atoms with Crippen molar-refractivity contribution in [2.24, 2.45) is 0 Å². The molecule has 0 spiro atoms. The van der Waals surface area contributed by atoms with Gasteiger partial charge in [0.25, 0.3) is 0 Å². The number of hydrogen-bond donors (Lipinski definition) is 0. The van der Waals surface area contributed by atoms with Crippen molar-refractivity contribution in [3.63, 3.8) is 0 Å². The van der Waals surface area contributed by atoms with Crippen molar-refractivity contribution in [1.82, 2.24) is 9.21 Å². The lowest BCUT2D eigenvalue weighted by molar-refractivity contribution is -0.131. The minimum atomic E-state index is -3.75. The van der Waals surface area contributed by atoms with Gasteiger partial charge >= 0.3 is 0 Å². The molecule has 0 bridgehead atoms. The average Bonchev–Trinajstić information content (AvgIpc) is 2.67. The van der Waals surface area contributed by atoms with Crippen LogP contribution in [0.4, 0.5) is 5.69 Å². The van der Waals surface area contributed by atoms with Gasteiger partial charge in [0.2, 0.25) is 15.9 Å². The Morgan fingerprint density at radius 1 is 1.03 bits per heavy atom. The van der Waals surface area contributed by atoms with Crippen LogP contribution in [0.3, 0.4) is 0 Å². The van der Waals surface area contributed by atoms with Gasteiger partial charge in [0, 0.05) is 43.9 Å². The number of carbonyl (C=O) groups excluding carboxylic acids is 1. The molecule has 0 saturated carbocycles. The van der Waals surface area contributed by atoms with Crippen LogP contribution in [0.1, 0.15) is 16.7 Å². The Hall–Kier alpha value is -2.09. The number of aryl methyl sites for hydroxylation is 3. The van der Waals surface area contributed by atoms with Crippen molar-refractivity contribution in [1.29, 1.82) is 0 Å². The monoisotopic (exact) mass is 449 g/mol. The number of carbonyl (C=O) groups is 1. The maximum absolute atomic E-state index is 13.1. The van der Waals surface area contributed by atoms with E-state index in [0.29, 0.717) is 42.3 Å². The number of amides is 1. The molecule has 0 aliphatic carbocycles. The van der Waals surface area contributed by atoms with E-state index >= 15 is 0 Å². The van der Waals surface area contributed by atoms with Gasteiger partial charge in [0.15, 0.2) is 0 Å². The van der Waals surface area contributed by atoms with Crippen molar-refractivity contribution in [2.45, 2.75) is 25.7 Å². The Bertz CT molecular complexity index is 1020. The molecular weight excluding hydrogens is 422 g/mol. The quantitative estimate of drug-likeness (QED) is 0.703. The summed E-state index contributed by atoms with van der Waals surface area (Å²) >= 11 is 6.07. The van der Waals surface area contributed by atoms with Crippen LogP contribution in [0, 0.1) is 20.8 Å². The fourth-order valence-electron chi connectivity index (χ4n) is 3.99. The first-order valence-electron chi connectivity index (χ1n) is 9.92. The van der Waals surface area contributed by atoms with E-state index in [1.54, 1.807) is 18.7 Å². The predicted molar refractivity (Wildman–Crippen MR) is 121 cm³/mol. The number of sulfonamides is 1. The molecule has 1 aliphatic heterocycles. The zero-order chi connectivity index (χ0) is 22.1. The van der Waals surface area contributed by atoms with Crippen LogP contribution in [-0.4, -0.2) is 63.3 Å². The Balaban J connectivity index is 1.65. The highest BCUT2D eigenvalue weighted by Crippen LogP contribution is 2.25. The summed E-state index contributed by atoms with van der Waals surface area (Å²) in [7, 11) is -2.28. The van der Waals surface area contributed by atoms with Crippen molar-refractivity contribution in [3.05, 3.63) is 58.1 Å². The zero-order valence-corrected chi connectivity index (χ0v) is 19.4. The van der Waals surface area contributed by atoms with Gasteiger partial charge in [-0.25, -0.2) is 8.42 Å². The lowest BCUT2D eigenvalue weighted by Crippen LogP contribution is -2.51. The highest BCUT2D eigenvalue weighted by Gasteiger charge is 2.29. The summed E-state index contributed by atoms with van der Waals surface area (Å²) < 4.78 is 27.4. The highest BCUT2D eigenvalue weighted by molar-refractivity contribution is 7.89. The van der Waals surface area contributed by atoms with Gasteiger partial charge in [-0.15, -0.1) is 0 Å². The number of rotatable bonds is 5. The van der Waals surface area contributed by atoms with E-state index in [1.807, 2.05) is 43.3 Å². The van der Waals surface area contributed by atoms with Gasteiger partial charge in [0.1, 0.15) is 0 Å². The van der Waals surface area contributed by atoms with Crippen LogP contribution in [0.25, 0.3) is 0 Å². The Morgan fingerprint density at radius 3 is 2.20 bits per heavy atom. The van der Waals surface area contributed by atoms with E-state index in [9.17, 15) is 13.2 Å². The number of likely N-dealkylation sites (N-methyl/N-ethyl adjacent to an activating group) is 1. The molecule has 1 aliphatic rings. The number of hydrogen-bond acceptors (Lipinski definition) is 4. The molecule has 2 aromatic carbocycles. The Labute approximate surface area is 184 Å². The molecule has 8 heteroatoms. The molecular formula is C22H28ClN3O3S. The maximum atomic E-state index is 13.1. The van der Waals surface area contributed by atoms with Crippen molar-refractivity contribution < 1.29 is 13.2 Å². The van der Waals surface area contributed by atoms with Crippen LogP contribution >= 0.6 is 11.6 Å². The number of piperazine rings is 1. The molecule has 6 nitrogen and oxygen atoms in total. The van der Waals surface area contributed by atoms with Gasteiger partial charge in [-0.05, 0) is 50.1 Å². The highest BCUT2D eigenvalue weighted by atomic mass is 35.5. The second-order valence-electron chi connectivity index (χ2n) is 7.84. The van der Waals surface area contributed by atoms with Gasteiger partial charge in [-0.2, -0.15) is 4.31 Å². The minimum Gasteiger partial charge on any atom is -0.368 e. The number of nitrogens with zero attached hydrogens (tertiary/aromatic N) is 3. The third kappa shape index (κ3) is 4.79. The first-order chi connectivity index (χ1) is 14.1. The maximum Gasteiger partial charge on any atom is 0.243 e. The largest absolute Gasteiger partial charge is 0.368 e. The second kappa shape index (κ2) is 8.96. The summed E-state index contributed by atoms with van der Waals surface area (Å²) in [5.74, 6) is -0.186. The lowest BCUT2D eigenvalue weighted by atomic mass is 10.1. The van der Waals surface area contributed by atoms with Crippen molar-refractivity contribution >= 4 is 33.2 Å². The van der Waals surface area contributed by atoms with E-state index in [2.05, 4.69) is 4.90 Å². The topological polar surface area (TPSA) is 60.9 Å². The molecule has 1 amide bonds. The minimum absolute atomic E-state index is 0.174. The van der Waals surface area contributed by atoms with E-state index < -0.39 is 10.0 Å². The summed E-state index contributed by atoms with van der Waals surface area (Å²) in [4.78, 5) is 17.0. The predicted octanol–water partition coefficient (Wildman–Crippen LogP) is 3.23. The van der Waals surface area contributed by atoms with E-state index in [1.165, 1.54) is 7.05 Å². The third-order valence-electron chi connectivity index (χ3n) is 5.44. The standard InChI is InChI=1S/C22H28ClN3O3S/c1-16-12-17(2)22(18(3)13-16)30(28,29)24(4)15-21(27)26-10-8-25(9-11-26)20-7-5-6-19(23)14-20/h5-7,12-14H,8-11,15H2,1-4H3. The third-order valence-corrected chi connectivity index (χ3v) is 7.78. The van der Waals surface area contributed by atoms with Crippen molar-refractivity contribution in [2.75, 3.05) is 44.7 Å². The van der Waals surface area contributed by atoms with Crippen LogP contribution in [0.15, 0.2) is 41.3 Å². The van der Waals surface area contributed by atoms with Crippen LogP contribution in [-0.2, 0) is 14.8 Å². The van der Waals surface area contributed by atoms with Crippen LogP contribution in [0.2, 0.25) is 5.02 Å². The molecule has 30 heavy (non-hydrogen) atoms. The fourth-order valence-corrected chi connectivity index (χ4v) is 5.70. The van der Waals surface area contributed by atoms with E-state index in [-0.39, 0.29) is 17.3 Å². The molecule has 0 aromatic heterocycles. The van der Waals surface area contributed by atoms with Gasteiger partial charge in [-0.3, -0.25) is 4.79 Å². The first-order valence-corrected chi connectivity index (χ1v) is 11.7. The molecule has 0 radical (unpaired) electrons. The molecule has 0 atom stereocenters. The van der Waals surface area contributed by atoms with Crippen molar-refractivity contribution in [3.8, 4) is 0 Å². The Kier molecular flexibility index (Phi) is 6.75. The summed E-state index contributed by atoms with van der Waals surface area (Å²) in [6.07, 6.45) is 0. The molecule has 1 saturated heterocycles. The number of anilines is 1. The number of benzene rings is 2. The van der Waals surface area contributed by atoms with E-state index in [0.717, 1.165) is 15.6 Å². The Morgan fingerprint density at radius 2 is 1.63 bits per heavy atom. The molecule has 3 rings (SSSR count). The van der Waals surface area contributed by atoms with Crippen LogP contribution in [0.5, 0.6) is 0 Å². The smallest absolute Gasteiger partial charge is 0.243 e. The molecule has 0 unspecified atom stereocenters. The molecule has 162 valence electrons. The molecule has 1 fully saturated rings. The normalized spacial score (nSPS) is 15.0. The van der Waals surface area contributed by atoms with Gasteiger partial charge < -0.3 is 9.80 Å². The number of halogens is 1. The fraction of sp³-hybridized carbons (Fsp3) is 0.409. The first kappa shape index (κ1) is 22.6. The second-order valence-corrected chi connectivity index (χ2v) is 10.3. The van der Waals surface area contributed by atoms with Gasteiger partial charge in [-0.1, -0.05) is 35.4 Å². The molecule has 2 aromatic rings. The summed E-state index contributed by atoms with van der Waals surface area (Å²) in [6, 6.07) is 11.3. The van der Waals surface area contributed by atoms with Crippen LogP contribution < -0.4 is 4.90 Å². The van der Waals surface area contributed by atoms with E-state index in [4.69, 9.17) is 11.6 Å². The van der Waals surface area contributed by atoms with Gasteiger partial charge in [0.05, 0.1) is 11.4 Å². The molecule has 0 N–H and O–H groups in total. The summed E-state index contributed by atoms with van der Waals surface area (Å²) in [6.45, 7) is 7.79. The average molecular weight is 450 g/mol. The summed E-state index contributed by atoms with van der Waals surface area (Å²) in [5, 5.41) is 0.680. The molecule has 1 heterocycles. The lowest BCUT2D eigenvalue weighted by Gasteiger charge is -2.36. The zero-order valence-electron chi connectivity index (χ0n) is 17.9.